The van der Waals surface area contributed by atoms with Crippen molar-refractivity contribution in [3.05, 3.63) is 30.1 Å². The summed E-state index contributed by atoms with van der Waals surface area (Å²) in [4.78, 5) is 29.7. The first-order valence-electron chi connectivity index (χ1n) is 8.50. The van der Waals surface area contributed by atoms with Crippen LogP contribution in [0.2, 0.25) is 0 Å². The van der Waals surface area contributed by atoms with Gasteiger partial charge in [0.25, 0.3) is 0 Å². The van der Waals surface area contributed by atoms with E-state index in [-0.39, 0.29) is 23.9 Å². The smallest absolute Gasteiger partial charge is 0.234 e. The first-order chi connectivity index (χ1) is 11.6. The van der Waals surface area contributed by atoms with Crippen LogP contribution in [0.3, 0.4) is 0 Å². The first-order valence-corrected chi connectivity index (χ1v) is 8.50. The number of aliphatic hydroxyl groups excluding tert-OH is 1. The lowest BCUT2D eigenvalue weighted by Crippen LogP contribution is -2.55. The minimum absolute atomic E-state index is 0.00240. The van der Waals surface area contributed by atoms with E-state index in [2.05, 4.69) is 15.6 Å². The summed E-state index contributed by atoms with van der Waals surface area (Å²) in [6, 6.07) is 3.51. The highest BCUT2D eigenvalue weighted by Gasteiger charge is 2.40. The number of piperazine rings is 1. The van der Waals surface area contributed by atoms with Crippen LogP contribution in [0.5, 0.6) is 0 Å². The number of hydrogen-bond acceptors (Lipinski definition) is 5. The summed E-state index contributed by atoms with van der Waals surface area (Å²) in [7, 11) is 0. The maximum Gasteiger partial charge on any atom is 0.234 e. The monoisotopic (exact) mass is 332 g/mol. The Morgan fingerprint density at radius 2 is 2.33 bits per heavy atom. The minimum Gasteiger partial charge on any atom is -0.389 e. The van der Waals surface area contributed by atoms with Gasteiger partial charge in [0.2, 0.25) is 11.8 Å². The van der Waals surface area contributed by atoms with Gasteiger partial charge in [0, 0.05) is 37.9 Å². The van der Waals surface area contributed by atoms with Gasteiger partial charge >= 0.3 is 0 Å². The summed E-state index contributed by atoms with van der Waals surface area (Å²) in [6.07, 6.45) is 5.39. The van der Waals surface area contributed by atoms with Gasteiger partial charge in [-0.05, 0) is 30.9 Å². The van der Waals surface area contributed by atoms with Crippen molar-refractivity contribution in [3.63, 3.8) is 0 Å². The van der Waals surface area contributed by atoms with Crippen molar-refractivity contribution in [3.8, 4) is 0 Å². The van der Waals surface area contributed by atoms with E-state index in [1.165, 1.54) is 0 Å². The van der Waals surface area contributed by atoms with Gasteiger partial charge in [0.1, 0.15) is 0 Å². The molecule has 2 aliphatic rings. The molecule has 1 aliphatic heterocycles. The lowest BCUT2D eigenvalue weighted by atomic mass is 10.1. The molecular weight excluding hydrogens is 308 g/mol. The molecule has 0 unspecified atom stereocenters. The Morgan fingerprint density at radius 1 is 1.46 bits per heavy atom. The molecule has 7 nitrogen and oxygen atoms in total. The lowest BCUT2D eigenvalue weighted by Gasteiger charge is -2.34. The summed E-state index contributed by atoms with van der Waals surface area (Å²) in [6.45, 7) is 1.68. The third-order valence-electron chi connectivity index (χ3n) is 4.83. The predicted molar refractivity (Wildman–Crippen MR) is 88.1 cm³/mol. The molecule has 0 aromatic carbocycles. The third-order valence-corrected chi connectivity index (χ3v) is 4.83. The molecule has 2 heterocycles. The highest BCUT2D eigenvalue weighted by molar-refractivity contribution is 5.78. The molecule has 1 saturated heterocycles. The van der Waals surface area contributed by atoms with Gasteiger partial charge in [0.15, 0.2) is 0 Å². The summed E-state index contributed by atoms with van der Waals surface area (Å²) in [5.74, 6) is -0.0580. The quantitative estimate of drug-likeness (QED) is 0.673. The number of nitrogens with one attached hydrogen (secondary N) is 2. The maximum absolute atomic E-state index is 12.1. The van der Waals surface area contributed by atoms with Crippen LogP contribution in [0.25, 0.3) is 0 Å². The van der Waals surface area contributed by atoms with Crippen molar-refractivity contribution in [1.29, 1.82) is 0 Å². The second-order valence-electron chi connectivity index (χ2n) is 6.49. The van der Waals surface area contributed by atoms with E-state index in [0.717, 1.165) is 24.9 Å². The number of aliphatic hydroxyl groups is 1. The molecular formula is C17H24N4O3. The van der Waals surface area contributed by atoms with Crippen molar-refractivity contribution in [1.82, 2.24) is 20.5 Å². The highest BCUT2D eigenvalue weighted by Crippen LogP contribution is 2.25. The van der Waals surface area contributed by atoms with Crippen molar-refractivity contribution in [2.24, 2.45) is 0 Å². The van der Waals surface area contributed by atoms with Crippen molar-refractivity contribution in [2.75, 3.05) is 19.6 Å². The van der Waals surface area contributed by atoms with Crippen LogP contribution in [-0.2, 0) is 16.0 Å². The average molecular weight is 332 g/mol. The number of amides is 2. The molecule has 0 spiro atoms. The molecule has 7 heteroatoms. The van der Waals surface area contributed by atoms with Gasteiger partial charge in [0.05, 0.1) is 18.7 Å². The van der Waals surface area contributed by atoms with E-state index in [4.69, 9.17) is 0 Å². The zero-order chi connectivity index (χ0) is 16.9. The van der Waals surface area contributed by atoms with Crippen LogP contribution in [0.4, 0.5) is 0 Å². The Morgan fingerprint density at radius 3 is 3.08 bits per heavy atom. The van der Waals surface area contributed by atoms with E-state index < -0.39 is 6.10 Å². The van der Waals surface area contributed by atoms with E-state index >= 15 is 0 Å². The Balaban J connectivity index is 1.47. The van der Waals surface area contributed by atoms with Gasteiger partial charge in [-0.2, -0.15) is 0 Å². The summed E-state index contributed by atoms with van der Waals surface area (Å²) < 4.78 is 0. The summed E-state index contributed by atoms with van der Waals surface area (Å²) >= 11 is 0. The van der Waals surface area contributed by atoms with E-state index in [1.54, 1.807) is 12.4 Å². The standard InChI is InChI=1S/C17H24N4O3/c22-15(6-3-12-2-1-7-18-10-12)20-13-4-5-14(17(13)24)21-9-8-19-16(23)11-21/h1-2,7,10,13-14,17,24H,3-6,8-9,11H2,(H,19,23)(H,20,22)/t13-,14-,17-/m1/s1. The van der Waals surface area contributed by atoms with E-state index in [1.807, 2.05) is 17.0 Å². The molecule has 24 heavy (non-hydrogen) atoms. The Kier molecular flexibility index (Phi) is 5.42. The Labute approximate surface area is 141 Å². The topological polar surface area (TPSA) is 94.6 Å². The van der Waals surface area contributed by atoms with E-state index in [0.29, 0.717) is 25.9 Å². The number of aryl methyl sites for hydroxylation is 1. The van der Waals surface area contributed by atoms with Crippen LogP contribution >= 0.6 is 0 Å². The predicted octanol–water partition coefficient (Wildman–Crippen LogP) is -0.546. The van der Waals surface area contributed by atoms with Crippen LogP contribution in [-0.4, -0.2) is 64.6 Å². The molecule has 0 radical (unpaired) electrons. The van der Waals surface area contributed by atoms with Crippen LogP contribution in [0.15, 0.2) is 24.5 Å². The second-order valence-corrected chi connectivity index (χ2v) is 6.49. The number of carbonyl (C=O) groups is 2. The Bertz CT molecular complexity index is 580. The Hall–Kier alpha value is -1.99. The SMILES string of the molecule is O=C1CN([C@@H]2CC[C@@H](NC(=O)CCc3cccnc3)[C@H]2O)CCN1. The molecule has 2 amide bonds. The first kappa shape index (κ1) is 16.9. The fraction of sp³-hybridized carbons (Fsp3) is 0.588. The van der Waals surface area contributed by atoms with Gasteiger partial charge in [-0.1, -0.05) is 6.07 Å². The normalized spacial score (nSPS) is 27.7. The zero-order valence-electron chi connectivity index (χ0n) is 13.6. The molecule has 1 aromatic rings. The van der Waals surface area contributed by atoms with Gasteiger partial charge in [-0.25, -0.2) is 0 Å². The molecule has 3 atom stereocenters. The third kappa shape index (κ3) is 4.10. The molecule has 2 fully saturated rings. The number of carbonyl (C=O) groups excluding carboxylic acids is 2. The van der Waals surface area contributed by atoms with Crippen LogP contribution < -0.4 is 10.6 Å². The summed E-state index contributed by atoms with van der Waals surface area (Å²) in [5.41, 5.74) is 1.02. The number of pyridine rings is 1. The molecule has 1 aromatic heterocycles. The second kappa shape index (κ2) is 7.72. The van der Waals surface area contributed by atoms with Crippen LogP contribution in [0, 0.1) is 0 Å². The molecule has 0 bridgehead atoms. The molecule has 130 valence electrons. The lowest BCUT2D eigenvalue weighted by molar-refractivity contribution is -0.126. The fourth-order valence-electron chi connectivity index (χ4n) is 3.54. The van der Waals surface area contributed by atoms with Gasteiger partial charge < -0.3 is 15.7 Å². The molecule has 3 rings (SSSR count). The largest absolute Gasteiger partial charge is 0.389 e. The zero-order valence-corrected chi connectivity index (χ0v) is 13.6. The average Bonchev–Trinajstić information content (AvgIpc) is 2.95. The van der Waals surface area contributed by atoms with Crippen LogP contribution in [0.1, 0.15) is 24.8 Å². The number of rotatable bonds is 5. The minimum atomic E-state index is -0.627. The highest BCUT2D eigenvalue weighted by atomic mass is 16.3. The van der Waals surface area contributed by atoms with Crippen molar-refractivity contribution < 1.29 is 14.7 Å². The fourth-order valence-corrected chi connectivity index (χ4v) is 3.54. The van der Waals surface area contributed by atoms with Crippen molar-refractivity contribution in [2.45, 2.75) is 43.9 Å². The molecule has 3 N–H and O–H groups in total. The molecule has 1 saturated carbocycles. The number of hydrogen-bond donors (Lipinski definition) is 3. The van der Waals surface area contributed by atoms with Gasteiger partial charge in [-0.15, -0.1) is 0 Å². The maximum atomic E-state index is 12.1. The summed E-state index contributed by atoms with van der Waals surface area (Å²) in [5, 5.41) is 16.3. The number of aromatic nitrogens is 1. The molecule has 1 aliphatic carbocycles. The van der Waals surface area contributed by atoms with E-state index in [9.17, 15) is 14.7 Å². The van der Waals surface area contributed by atoms with Gasteiger partial charge in [-0.3, -0.25) is 19.5 Å². The van der Waals surface area contributed by atoms with Crippen molar-refractivity contribution >= 4 is 11.8 Å². The number of nitrogens with zero attached hydrogens (tertiary/aromatic N) is 2.